The van der Waals surface area contributed by atoms with Gasteiger partial charge < -0.3 is 14.6 Å². The maximum absolute atomic E-state index is 9.37. The van der Waals surface area contributed by atoms with Crippen LogP contribution >= 0.6 is 11.8 Å². The fraction of sp³-hybridized carbons (Fsp3) is 1.00. The third kappa shape index (κ3) is 2.33. The molecule has 0 aliphatic carbocycles. The molecule has 1 fully saturated rings. The largest absolute Gasteiger partial charge is 0.384 e. The van der Waals surface area contributed by atoms with Crippen LogP contribution in [0.1, 0.15) is 6.42 Å². The molecule has 11 heavy (non-hydrogen) atoms. The maximum atomic E-state index is 9.37. The third-order valence-electron chi connectivity index (χ3n) is 1.80. The number of thioether (sulfide) groups is 1. The second-order valence-electron chi connectivity index (χ2n) is 2.61. The quantitative estimate of drug-likeness (QED) is 0.682. The highest BCUT2D eigenvalue weighted by molar-refractivity contribution is 8.00. The maximum Gasteiger partial charge on any atom is 0.126 e. The van der Waals surface area contributed by atoms with Crippen LogP contribution in [0.5, 0.6) is 0 Å². The predicted molar refractivity (Wildman–Crippen MR) is 44.7 cm³/mol. The van der Waals surface area contributed by atoms with Gasteiger partial charge >= 0.3 is 0 Å². The van der Waals surface area contributed by atoms with Crippen LogP contribution in [0.3, 0.4) is 0 Å². The van der Waals surface area contributed by atoms with Gasteiger partial charge in [0, 0.05) is 19.5 Å². The number of hydrogen-bond donors (Lipinski definition) is 1. The van der Waals surface area contributed by atoms with Crippen LogP contribution in [0, 0.1) is 0 Å². The van der Waals surface area contributed by atoms with Crippen LogP contribution in [0.15, 0.2) is 0 Å². The minimum atomic E-state index is -0.375. The number of rotatable bonds is 3. The summed E-state index contributed by atoms with van der Waals surface area (Å²) in [6, 6.07) is 0. The van der Waals surface area contributed by atoms with Gasteiger partial charge in [-0.05, 0) is 6.42 Å². The van der Waals surface area contributed by atoms with Gasteiger partial charge in [-0.15, -0.1) is 11.8 Å². The van der Waals surface area contributed by atoms with Crippen LogP contribution in [0.2, 0.25) is 0 Å². The number of ether oxygens (including phenoxy) is 2. The van der Waals surface area contributed by atoms with Gasteiger partial charge in [-0.3, -0.25) is 0 Å². The Morgan fingerprint density at radius 3 is 2.73 bits per heavy atom. The highest BCUT2D eigenvalue weighted by atomic mass is 32.2. The van der Waals surface area contributed by atoms with Crippen LogP contribution in [0.25, 0.3) is 0 Å². The Kier molecular flexibility index (Phi) is 3.65. The minimum absolute atomic E-state index is 0.0138. The molecule has 0 aromatic carbocycles. The standard InChI is InChI=1S/C7H14O3S/c1-9-4-5-3-6(10-2)7(8)11-5/h5-8H,3-4H2,1-2H3. The molecule has 4 heteroatoms. The van der Waals surface area contributed by atoms with E-state index in [1.165, 1.54) is 11.8 Å². The van der Waals surface area contributed by atoms with Gasteiger partial charge in [-0.1, -0.05) is 0 Å². The van der Waals surface area contributed by atoms with Crippen molar-refractivity contribution in [2.75, 3.05) is 20.8 Å². The summed E-state index contributed by atoms with van der Waals surface area (Å²) in [5, 5.41) is 9.76. The molecule has 0 saturated carbocycles. The van der Waals surface area contributed by atoms with E-state index in [0.29, 0.717) is 11.9 Å². The molecule has 0 aromatic heterocycles. The fourth-order valence-corrected chi connectivity index (χ4v) is 2.53. The first-order chi connectivity index (χ1) is 5.27. The van der Waals surface area contributed by atoms with E-state index in [9.17, 15) is 5.11 Å². The normalized spacial score (nSPS) is 37.9. The molecule has 1 N–H and O–H groups in total. The monoisotopic (exact) mass is 178 g/mol. The van der Waals surface area contributed by atoms with E-state index in [0.717, 1.165) is 6.42 Å². The smallest absolute Gasteiger partial charge is 0.126 e. The Labute approximate surface area is 71.1 Å². The van der Waals surface area contributed by atoms with E-state index in [1.54, 1.807) is 14.2 Å². The molecule has 1 aliphatic heterocycles. The molecule has 66 valence electrons. The van der Waals surface area contributed by atoms with Gasteiger partial charge in [0.2, 0.25) is 0 Å². The highest BCUT2D eigenvalue weighted by Gasteiger charge is 2.33. The van der Waals surface area contributed by atoms with Crippen molar-refractivity contribution in [3.63, 3.8) is 0 Å². The fourth-order valence-electron chi connectivity index (χ4n) is 1.22. The van der Waals surface area contributed by atoms with Gasteiger partial charge in [0.25, 0.3) is 0 Å². The molecule has 0 amide bonds. The molecule has 3 nitrogen and oxygen atoms in total. The zero-order valence-electron chi connectivity index (χ0n) is 6.82. The van der Waals surface area contributed by atoms with Crippen LogP contribution < -0.4 is 0 Å². The summed E-state index contributed by atoms with van der Waals surface area (Å²) >= 11 is 1.53. The average molecular weight is 178 g/mol. The first kappa shape index (κ1) is 9.32. The topological polar surface area (TPSA) is 38.7 Å². The molecule has 1 heterocycles. The SMILES string of the molecule is COCC1CC(OC)C(O)S1. The van der Waals surface area contributed by atoms with E-state index in [4.69, 9.17) is 9.47 Å². The number of methoxy groups -OCH3 is 2. The van der Waals surface area contributed by atoms with Crippen molar-refractivity contribution >= 4 is 11.8 Å². The lowest BCUT2D eigenvalue weighted by atomic mass is 10.2. The predicted octanol–water partition coefficient (Wildman–Crippen LogP) is 0.472. The lowest BCUT2D eigenvalue weighted by Crippen LogP contribution is -2.19. The van der Waals surface area contributed by atoms with Gasteiger partial charge in [-0.25, -0.2) is 0 Å². The van der Waals surface area contributed by atoms with Crippen LogP contribution in [-0.4, -0.2) is 42.7 Å². The van der Waals surface area contributed by atoms with Crippen LogP contribution in [0.4, 0.5) is 0 Å². The summed E-state index contributed by atoms with van der Waals surface area (Å²) in [5.41, 5.74) is -0.375. The summed E-state index contributed by atoms with van der Waals surface area (Å²) < 4.78 is 10.1. The van der Waals surface area contributed by atoms with Crippen molar-refractivity contribution in [1.29, 1.82) is 0 Å². The Morgan fingerprint density at radius 1 is 1.55 bits per heavy atom. The van der Waals surface area contributed by atoms with E-state index in [2.05, 4.69) is 0 Å². The molecule has 0 aromatic rings. The van der Waals surface area contributed by atoms with Gasteiger partial charge in [0.1, 0.15) is 5.44 Å². The van der Waals surface area contributed by atoms with E-state index < -0.39 is 0 Å². The van der Waals surface area contributed by atoms with Crippen molar-refractivity contribution in [1.82, 2.24) is 0 Å². The molecular weight excluding hydrogens is 164 g/mol. The summed E-state index contributed by atoms with van der Waals surface area (Å²) in [4.78, 5) is 0. The van der Waals surface area contributed by atoms with Crippen molar-refractivity contribution in [3.8, 4) is 0 Å². The lowest BCUT2D eigenvalue weighted by Gasteiger charge is -2.09. The van der Waals surface area contributed by atoms with Crippen molar-refractivity contribution in [3.05, 3.63) is 0 Å². The zero-order valence-corrected chi connectivity index (χ0v) is 7.63. The van der Waals surface area contributed by atoms with Crippen molar-refractivity contribution in [2.45, 2.75) is 23.2 Å². The van der Waals surface area contributed by atoms with E-state index in [-0.39, 0.29) is 11.5 Å². The molecule has 3 atom stereocenters. The summed E-state index contributed by atoms with van der Waals surface area (Å²) in [6.45, 7) is 0.696. The first-order valence-electron chi connectivity index (χ1n) is 3.63. The van der Waals surface area contributed by atoms with Gasteiger partial charge in [0.15, 0.2) is 0 Å². The van der Waals surface area contributed by atoms with Gasteiger partial charge in [-0.2, -0.15) is 0 Å². The van der Waals surface area contributed by atoms with E-state index in [1.807, 2.05) is 0 Å². The summed E-state index contributed by atoms with van der Waals surface area (Å²) in [5.74, 6) is 0. The molecule has 3 unspecified atom stereocenters. The Bertz CT molecular complexity index is 120. The molecule has 1 saturated heterocycles. The van der Waals surface area contributed by atoms with Gasteiger partial charge in [0.05, 0.1) is 12.7 Å². The molecule has 0 bridgehead atoms. The molecule has 1 rings (SSSR count). The van der Waals surface area contributed by atoms with Crippen LogP contribution in [-0.2, 0) is 9.47 Å². The second kappa shape index (κ2) is 4.30. The molecule has 0 radical (unpaired) electrons. The molecule has 0 spiro atoms. The minimum Gasteiger partial charge on any atom is -0.384 e. The Balaban J connectivity index is 2.30. The lowest BCUT2D eigenvalue weighted by molar-refractivity contribution is 0.0328. The summed E-state index contributed by atoms with van der Waals surface area (Å²) in [7, 11) is 3.30. The first-order valence-corrected chi connectivity index (χ1v) is 4.57. The molecular formula is C7H14O3S. The number of hydrogen-bond acceptors (Lipinski definition) is 4. The number of aliphatic hydroxyl groups is 1. The summed E-state index contributed by atoms with van der Waals surface area (Å²) in [6.07, 6.45) is 0.871. The Morgan fingerprint density at radius 2 is 2.27 bits per heavy atom. The van der Waals surface area contributed by atoms with Crippen molar-refractivity contribution < 1.29 is 14.6 Å². The van der Waals surface area contributed by atoms with Crippen molar-refractivity contribution in [2.24, 2.45) is 0 Å². The highest BCUT2D eigenvalue weighted by Crippen LogP contribution is 2.33. The third-order valence-corrected chi connectivity index (χ3v) is 3.10. The average Bonchev–Trinajstić information content (AvgIpc) is 2.32. The van der Waals surface area contributed by atoms with E-state index >= 15 is 0 Å². The number of aliphatic hydroxyl groups excluding tert-OH is 1. The second-order valence-corrected chi connectivity index (χ2v) is 4.04. The molecule has 1 aliphatic rings. The Hall–Kier alpha value is 0.230. The zero-order chi connectivity index (χ0) is 8.27.